The molecule has 0 heterocycles. The first-order valence-corrected chi connectivity index (χ1v) is 6.00. The predicted octanol–water partition coefficient (Wildman–Crippen LogP) is 4.67. The molecule has 2 aromatic carbocycles. The highest BCUT2D eigenvalue weighted by Gasteiger charge is 2.12. The number of hydrogen-bond acceptors (Lipinski definition) is 1. The normalized spacial score (nSPS) is 10.4. The molecule has 0 N–H and O–H groups in total. The van der Waals surface area contributed by atoms with E-state index < -0.39 is 5.82 Å². The standard InChI is InChI=1S/C14H9Cl2FO/c1-8-2-3-9(6-11(8)15)14(18)10-4-5-13(17)12(16)7-10/h2-7H,1H3. The van der Waals surface area contributed by atoms with Gasteiger partial charge in [0.2, 0.25) is 0 Å². The van der Waals surface area contributed by atoms with Crippen LogP contribution in [-0.4, -0.2) is 5.78 Å². The Bertz CT molecular complexity index is 570. The van der Waals surface area contributed by atoms with Crippen molar-refractivity contribution in [2.75, 3.05) is 0 Å². The minimum atomic E-state index is -0.546. The zero-order valence-corrected chi connectivity index (χ0v) is 11.0. The molecule has 0 aromatic heterocycles. The van der Waals surface area contributed by atoms with Gasteiger partial charge in [0.1, 0.15) is 5.82 Å². The van der Waals surface area contributed by atoms with Crippen molar-refractivity contribution in [2.24, 2.45) is 0 Å². The van der Waals surface area contributed by atoms with Gasteiger partial charge in [0.05, 0.1) is 5.02 Å². The minimum absolute atomic E-state index is 0.0703. The van der Waals surface area contributed by atoms with Gasteiger partial charge in [-0.3, -0.25) is 4.79 Å². The fraction of sp³-hybridized carbons (Fsp3) is 0.0714. The average Bonchev–Trinajstić information content (AvgIpc) is 2.35. The number of hydrogen-bond donors (Lipinski definition) is 0. The highest BCUT2D eigenvalue weighted by molar-refractivity contribution is 6.32. The first-order valence-electron chi connectivity index (χ1n) is 5.25. The highest BCUT2D eigenvalue weighted by atomic mass is 35.5. The molecule has 92 valence electrons. The van der Waals surface area contributed by atoms with Crippen molar-refractivity contribution in [1.29, 1.82) is 0 Å². The summed E-state index contributed by atoms with van der Waals surface area (Å²) in [5.74, 6) is -0.783. The van der Waals surface area contributed by atoms with E-state index in [0.29, 0.717) is 16.1 Å². The molecule has 0 radical (unpaired) electrons. The van der Waals surface area contributed by atoms with Crippen LogP contribution in [0.1, 0.15) is 21.5 Å². The van der Waals surface area contributed by atoms with E-state index in [4.69, 9.17) is 23.2 Å². The van der Waals surface area contributed by atoms with Crippen molar-refractivity contribution < 1.29 is 9.18 Å². The van der Waals surface area contributed by atoms with Gasteiger partial charge in [0.25, 0.3) is 0 Å². The first kappa shape index (κ1) is 13.1. The molecule has 0 aliphatic heterocycles. The van der Waals surface area contributed by atoms with Crippen molar-refractivity contribution in [1.82, 2.24) is 0 Å². The third-order valence-electron chi connectivity index (χ3n) is 2.62. The van der Waals surface area contributed by atoms with Crippen LogP contribution in [0.3, 0.4) is 0 Å². The Balaban J connectivity index is 2.41. The summed E-state index contributed by atoms with van der Waals surface area (Å²) in [6.45, 7) is 1.85. The quantitative estimate of drug-likeness (QED) is 0.732. The summed E-state index contributed by atoms with van der Waals surface area (Å²) < 4.78 is 13.0. The van der Waals surface area contributed by atoms with E-state index in [1.54, 1.807) is 18.2 Å². The summed E-state index contributed by atoms with van der Waals surface area (Å²) >= 11 is 11.6. The Kier molecular flexibility index (Phi) is 3.69. The van der Waals surface area contributed by atoms with E-state index in [1.807, 2.05) is 6.92 Å². The molecule has 4 heteroatoms. The summed E-state index contributed by atoms with van der Waals surface area (Å²) in [6, 6.07) is 8.92. The lowest BCUT2D eigenvalue weighted by Gasteiger charge is -2.04. The van der Waals surface area contributed by atoms with Gasteiger partial charge in [-0.05, 0) is 36.8 Å². The van der Waals surface area contributed by atoms with Crippen LogP contribution in [0.25, 0.3) is 0 Å². The summed E-state index contributed by atoms with van der Waals surface area (Å²) in [5.41, 5.74) is 1.68. The van der Waals surface area contributed by atoms with Crippen LogP contribution >= 0.6 is 23.2 Å². The Hall–Kier alpha value is -1.38. The number of halogens is 3. The van der Waals surface area contributed by atoms with Crippen molar-refractivity contribution in [3.8, 4) is 0 Å². The van der Waals surface area contributed by atoms with Crippen LogP contribution in [0.5, 0.6) is 0 Å². The molecule has 1 nitrogen and oxygen atoms in total. The molecule has 2 rings (SSSR count). The fourth-order valence-corrected chi connectivity index (χ4v) is 1.90. The van der Waals surface area contributed by atoms with Gasteiger partial charge in [-0.15, -0.1) is 0 Å². The summed E-state index contributed by atoms with van der Waals surface area (Å²) in [4.78, 5) is 12.1. The highest BCUT2D eigenvalue weighted by Crippen LogP contribution is 2.21. The van der Waals surface area contributed by atoms with E-state index in [2.05, 4.69) is 0 Å². The Labute approximate surface area is 114 Å². The molecule has 0 saturated heterocycles. The van der Waals surface area contributed by atoms with E-state index in [0.717, 1.165) is 5.56 Å². The van der Waals surface area contributed by atoms with Crippen LogP contribution in [0.4, 0.5) is 4.39 Å². The molecule has 0 bridgehead atoms. The number of benzene rings is 2. The van der Waals surface area contributed by atoms with Crippen LogP contribution in [0.15, 0.2) is 36.4 Å². The second-order valence-corrected chi connectivity index (χ2v) is 4.74. The molecule has 0 fully saturated rings. The van der Waals surface area contributed by atoms with Gasteiger partial charge in [-0.2, -0.15) is 0 Å². The number of carbonyl (C=O) groups is 1. The fourth-order valence-electron chi connectivity index (χ4n) is 1.54. The van der Waals surface area contributed by atoms with Crippen molar-refractivity contribution in [3.63, 3.8) is 0 Å². The molecule has 0 unspecified atom stereocenters. The third kappa shape index (κ3) is 2.55. The Morgan fingerprint density at radius 2 is 1.56 bits per heavy atom. The van der Waals surface area contributed by atoms with Crippen LogP contribution < -0.4 is 0 Å². The maximum absolute atomic E-state index is 13.0. The van der Waals surface area contributed by atoms with Crippen molar-refractivity contribution in [3.05, 3.63) is 69.0 Å². The molecular formula is C14H9Cl2FO. The summed E-state index contributed by atoms with van der Waals surface area (Å²) in [6.07, 6.45) is 0. The Morgan fingerprint density at radius 1 is 1.00 bits per heavy atom. The lowest BCUT2D eigenvalue weighted by molar-refractivity contribution is 0.103. The number of aryl methyl sites for hydroxylation is 1. The topological polar surface area (TPSA) is 17.1 Å². The molecule has 0 saturated carbocycles. The molecule has 0 atom stereocenters. The zero-order valence-electron chi connectivity index (χ0n) is 9.51. The second-order valence-electron chi connectivity index (χ2n) is 3.92. The molecule has 0 spiro atoms. The Morgan fingerprint density at radius 3 is 2.11 bits per heavy atom. The van der Waals surface area contributed by atoms with Gasteiger partial charge in [0, 0.05) is 16.1 Å². The minimum Gasteiger partial charge on any atom is -0.289 e. The summed E-state index contributed by atoms with van der Waals surface area (Å²) in [5, 5.41) is 0.452. The van der Waals surface area contributed by atoms with Crippen molar-refractivity contribution in [2.45, 2.75) is 6.92 Å². The molecule has 2 aromatic rings. The van der Waals surface area contributed by atoms with Gasteiger partial charge in [0.15, 0.2) is 5.78 Å². The van der Waals surface area contributed by atoms with Crippen molar-refractivity contribution >= 4 is 29.0 Å². The van der Waals surface area contributed by atoms with Gasteiger partial charge < -0.3 is 0 Å². The van der Waals surface area contributed by atoms with E-state index in [-0.39, 0.29) is 10.8 Å². The molecule has 0 amide bonds. The van der Waals surface area contributed by atoms with Crippen LogP contribution in [0.2, 0.25) is 10.0 Å². The largest absolute Gasteiger partial charge is 0.289 e. The third-order valence-corrected chi connectivity index (χ3v) is 3.31. The first-order chi connectivity index (χ1) is 8.49. The van der Waals surface area contributed by atoms with E-state index >= 15 is 0 Å². The summed E-state index contributed by atoms with van der Waals surface area (Å²) in [7, 11) is 0. The SMILES string of the molecule is Cc1ccc(C(=O)c2ccc(F)c(Cl)c2)cc1Cl. The van der Waals surface area contributed by atoms with Gasteiger partial charge in [-0.1, -0.05) is 35.3 Å². The number of rotatable bonds is 2. The lowest BCUT2D eigenvalue weighted by Crippen LogP contribution is -2.01. The second kappa shape index (κ2) is 5.09. The van der Waals surface area contributed by atoms with Crippen LogP contribution in [0, 0.1) is 12.7 Å². The molecule has 0 aliphatic rings. The number of carbonyl (C=O) groups excluding carboxylic acids is 1. The molecular weight excluding hydrogens is 274 g/mol. The van der Waals surface area contributed by atoms with E-state index in [9.17, 15) is 9.18 Å². The average molecular weight is 283 g/mol. The monoisotopic (exact) mass is 282 g/mol. The van der Waals surface area contributed by atoms with E-state index in [1.165, 1.54) is 18.2 Å². The lowest BCUT2D eigenvalue weighted by atomic mass is 10.0. The predicted molar refractivity (Wildman–Crippen MR) is 71.0 cm³/mol. The zero-order chi connectivity index (χ0) is 13.3. The van der Waals surface area contributed by atoms with Gasteiger partial charge >= 0.3 is 0 Å². The molecule has 0 aliphatic carbocycles. The maximum Gasteiger partial charge on any atom is 0.193 e. The smallest absolute Gasteiger partial charge is 0.193 e. The maximum atomic E-state index is 13.0. The molecule has 18 heavy (non-hydrogen) atoms. The van der Waals surface area contributed by atoms with Gasteiger partial charge in [-0.25, -0.2) is 4.39 Å². The number of ketones is 1. The van der Waals surface area contributed by atoms with Crippen LogP contribution in [-0.2, 0) is 0 Å².